The highest BCUT2D eigenvalue weighted by molar-refractivity contribution is 6.12. The van der Waals surface area contributed by atoms with Crippen LogP contribution in [0.2, 0.25) is 0 Å². The average molecular weight is 522 g/mol. The number of hydrogen-bond donors (Lipinski definition) is 1. The van der Waals surface area contributed by atoms with Crippen LogP contribution in [0, 0.1) is 0 Å². The van der Waals surface area contributed by atoms with Crippen molar-refractivity contribution in [1.29, 1.82) is 0 Å². The Hall–Kier alpha value is -4.78. The molecule has 2 atom stereocenters. The van der Waals surface area contributed by atoms with Gasteiger partial charge in [-0.15, -0.1) is 0 Å². The third kappa shape index (κ3) is 5.03. The van der Waals surface area contributed by atoms with Gasteiger partial charge in [0.1, 0.15) is 11.5 Å². The number of nitrogens with zero attached hydrogens (tertiary/aromatic N) is 2. The Balaban J connectivity index is 1.64. The van der Waals surface area contributed by atoms with E-state index in [0.717, 1.165) is 11.3 Å². The second-order valence-corrected chi connectivity index (χ2v) is 9.59. The van der Waals surface area contributed by atoms with Gasteiger partial charge in [0.2, 0.25) is 5.91 Å². The first-order chi connectivity index (χ1) is 18.9. The maximum absolute atomic E-state index is 14.1. The average Bonchev–Trinajstić information content (AvgIpc) is 2.97. The van der Waals surface area contributed by atoms with Crippen molar-refractivity contribution in [3.8, 4) is 11.5 Å². The molecule has 0 aromatic heterocycles. The van der Waals surface area contributed by atoms with Crippen LogP contribution >= 0.6 is 0 Å². The van der Waals surface area contributed by atoms with Gasteiger partial charge in [-0.1, -0.05) is 30.3 Å². The molecule has 4 aromatic rings. The van der Waals surface area contributed by atoms with Crippen molar-refractivity contribution in [2.45, 2.75) is 12.0 Å². The third-order valence-electron chi connectivity index (χ3n) is 7.08. The van der Waals surface area contributed by atoms with Crippen molar-refractivity contribution in [3.05, 3.63) is 114 Å². The number of amides is 2. The lowest BCUT2D eigenvalue weighted by Gasteiger charge is -2.42. The van der Waals surface area contributed by atoms with Crippen molar-refractivity contribution in [2.75, 3.05) is 43.4 Å². The van der Waals surface area contributed by atoms with E-state index in [2.05, 4.69) is 5.32 Å². The van der Waals surface area contributed by atoms with E-state index < -0.39 is 12.0 Å². The van der Waals surface area contributed by atoms with E-state index in [1.807, 2.05) is 110 Å². The van der Waals surface area contributed by atoms with Crippen LogP contribution in [0.15, 0.2) is 97.1 Å². The van der Waals surface area contributed by atoms with Gasteiger partial charge in [0.05, 0.1) is 26.2 Å². The Labute approximate surface area is 228 Å². The van der Waals surface area contributed by atoms with E-state index in [9.17, 15) is 9.59 Å². The molecule has 7 heteroatoms. The van der Waals surface area contributed by atoms with Crippen LogP contribution in [0.5, 0.6) is 11.5 Å². The van der Waals surface area contributed by atoms with E-state index in [-0.39, 0.29) is 11.8 Å². The summed E-state index contributed by atoms with van der Waals surface area (Å²) < 4.78 is 10.7. The maximum Gasteiger partial charge on any atom is 0.259 e. The molecule has 198 valence electrons. The molecule has 1 heterocycles. The quantitative estimate of drug-likeness (QED) is 0.328. The summed E-state index contributed by atoms with van der Waals surface area (Å²) in [6.07, 6.45) is 0. The van der Waals surface area contributed by atoms with E-state index in [1.165, 1.54) is 0 Å². The fourth-order valence-corrected chi connectivity index (χ4v) is 5.05. The number of rotatable bonds is 7. The molecule has 0 aliphatic carbocycles. The van der Waals surface area contributed by atoms with Gasteiger partial charge in [0.15, 0.2) is 0 Å². The largest absolute Gasteiger partial charge is 0.497 e. The molecule has 0 unspecified atom stereocenters. The smallest absolute Gasteiger partial charge is 0.259 e. The van der Waals surface area contributed by atoms with E-state index in [1.54, 1.807) is 25.2 Å². The zero-order valence-electron chi connectivity index (χ0n) is 22.4. The Morgan fingerprint density at radius 1 is 0.795 bits per heavy atom. The third-order valence-corrected chi connectivity index (χ3v) is 7.08. The van der Waals surface area contributed by atoms with Gasteiger partial charge in [-0.2, -0.15) is 0 Å². The standard InChI is InChI=1S/C32H31N3O4/c1-34(2)23-13-11-22(12-14-23)33-31(36)29-27-7-5-6-8-28(27)32(37)35(24-15-19-26(39-4)20-16-24)30(29)21-9-17-25(38-3)18-10-21/h5-20,29-30H,1-4H3,(H,33,36)/t29-,30-/m1/s1. The fourth-order valence-electron chi connectivity index (χ4n) is 5.05. The second-order valence-electron chi connectivity index (χ2n) is 9.59. The van der Waals surface area contributed by atoms with E-state index in [4.69, 9.17) is 9.47 Å². The first-order valence-corrected chi connectivity index (χ1v) is 12.7. The van der Waals surface area contributed by atoms with E-state index >= 15 is 0 Å². The number of benzene rings is 4. The Morgan fingerprint density at radius 3 is 1.97 bits per heavy atom. The highest BCUT2D eigenvalue weighted by Crippen LogP contribution is 2.46. The number of carbonyl (C=O) groups excluding carboxylic acids is 2. The molecule has 0 saturated heterocycles. The molecular weight excluding hydrogens is 490 g/mol. The Kier molecular flexibility index (Phi) is 7.23. The SMILES string of the molecule is COc1ccc([C@@H]2[C@H](C(=O)Nc3ccc(N(C)C)cc3)c3ccccc3C(=O)N2c2ccc(OC)cc2)cc1. The molecule has 0 saturated carbocycles. The fraction of sp³-hybridized carbons (Fsp3) is 0.188. The number of carbonyl (C=O) groups is 2. The summed E-state index contributed by atoms with van der Waals surface area (Å²) in [6.45, 7) is 0. The molecule has 7 nitrogen and oxygen atoms in total. The first-order valence-electron chi connectivity index (χ1n) is 12.7. The molecule has 5 rings (SSSR count). The van der Waals surface area contributed by atoms with Gasteiger partial charge in [0, 0.05) is 36.7 Å². The maximum atomic E-state index is 14.1. The number of anilines is 3. The van der Waals surface area contributed by atoms with Gasteiger partial charge in [-0.3, -0.25) is 14.5 Å². The van der Waals surface area contributed by atoms with Crippen LogP contribution in [0.3, 0.4) is 0 Å². The van der Waals surface area contributed by atoms with Gasteiger partial charge in [-0.05, 0) is 77.9 Å². The normalized spacial score (nSPS) is 16.3. The lowest BCUT2D eigenvalue weighted by Crippen LogP contribution is -2.46. The molecule has 0 bridgehead atoms. The molecule has 39 heavy (non-hydrogen) atoms. The van der Waals surface area contributed by atoms with Gasteiger partial charge in [-0.25, -0.2) is 0 Å². The van der Waals surface area contributed by atoms with Crippen molar-refractivity contribution in [3.63, 3.8) is 0 Å². The predicted octanol–water partition coefficient (Wildman–Crippen LogP) is 5.89. The van der Waals surface area contributed by atoms with Crippen LogP contribution in [-0.4, -0.2) is 40.1 Å². The molecule has 2 amide bonds. The van der Waals surface area contributed by atoms with Crippen LogP contribution in [0.1, 0.15) is 33.4 Å². The lowest BCUT2D eigenvalue weighted by molar-refractivity contribution is -0.118. The summed E-state index contributed by atoms with van der Waals surface area (Å²) in [4.78, 5) is 31.9. The number of hydrogen-bond acceptors (Lipinski definition) is 5. The van der Waals surface area contributed by atoms with Crippen molar-refractivity contribution >= 4 is 28.9 Å². The highest BCUT2D eigenvalue weighted by Gasteiger charge is 2.45. The monoisotopic (exact) mass is 521 g/mol. The van der Waals surface area contributed by atoms with Crippen molar-refractivity contribution < 1.29 is 19.1 Å². The predicted molar refractivity (Wildman–Crippen MR) is 154 cm³/mol. The molecule has 1 aliphatic rings. The second kappa shape index (κ2) is 10.9. The number of ether oxygens (including phenoxy) is 2. The summed E-state index contributed by atoms with van der Waals surface area (Å²) in [5, 5.41) is 3.11. The summed E-state index contributed by atoms with van der Waals surface area (Å²) in [5.74, 6) is 0.324. The first kappa shape index (κ1) is 25.9. The van der Waals surface area contributed by atoms with Gasteiger partial charge < -0.3 is 19.7 Å². The summed E-state index contributed by atoms with van der Waals surface area (Å²) in [7, 11) is 7.15. The summed E-state index contributed by atoms with van der Waals surface area (Å²) in [6, 6.07) is 29.3. The minimum Gasteiger partial charge on any atom is -0.497 e. The highest BCUT2D eigenvalue weighted by atomic mass is 16.5. The zero-order chi connectivity index (χ0) is 27.5. The van der Waals surface area contributed by atoms with Crippen LogP contribution in [0.4, 0.5) is 17.1 Å². The summed E-state index contributed by atoms with van der Waals surface area (Å²) in [5.41, 5.74) is 4.39. The van der Waals surface area contributed by atoms with Crippen molar-refractivity contribution in [2.24, 2.45) is 0 Å². The Morgan fingerprint density at radius 2 is 1.38 bits per heavy atom. The zero-order valence-corrected chi connectivity index (χ0v) is 22.4. The minimum atomic E-state index is -0.678. The molecule has 4 aromatic carbocycles. The molecule has 0 radical (unpaired) electrons. The number of nitrogens with one attached hydrogen (secondary N) is 1. The number of fused-ring (bicyclic) bond motifs is 1. The number of methoxy groups -OCH3 is 2. The van der Waals surface area contributed by atoms with Crippen LogP contribution < -0.4 is 24.6 Å². The van der Waals surface area contributed by atoms with Crippen LogP contribution in [0.25, 0.3) is 0 Å². The van der Waals surface area contributed by atoms with Crippen LogP contribution in [-0.2, 0) is 4.79 Å². The molecule has 0 fully saturated rings. The molecule has 0 spiro atoms. The van der Waals surface area contributed by atoms with Gasteiger partial charge >= 0.3 is 0 Å². The Bertz CT molecular complexity index is 1470. The molecule has 1 aliphatic heterocycles. The molecular formula is C32H31N3O4. The van der Waals surface area contributed by atoms with Gasteiger partial charge in [0.25, 0.3) is 5.91 Å². The molecule has 1 N–H and O–H groups in total. The lowest BCUT2D eigenvalue weighted by atomic mass is 9.78. The minimum absolute atomic E-state index is 0.170. The topological polar surface area (TPSA) is 71.1 Å². The van der Waals surface area contributed by atoms with Crippen molar-refractivity contribution in [1.82, 2.24) is 0 Å². The van der Waals surface area contributed by atoms with E-state index in [0.29, 0.717) is 34.0 Å². The summed E-state index contributed by atoms with van der Waals surface area (Å²) >= 11 is 0.